The first-order valence-corrected chi connectivity index (χ1v) is 13.7. The summed E-state index contributed by atoms with van der Waals surface area (Å²) in [6, 6.07) is 29.2. The summed E-state index contributed by atoms with van der Waals surface area (Å²) >= 11 is 0. The Balaban J connectivity index is 1.22. The van der Waals surface area contributed by atoms with E-state index in [1.807, 2.05) is 17.0 Å². The van der Waals surface area contributed by atoms with E-state index in [0.717, 1.165) is 51.9 Å². The van der Waals surface area contributed by atoms with Crippen LogP contribution in [-0.4, -0.2) is 59.4 Å². The number of nitrogens with zero attached hydrogens (tertiary/aromatic N) is 3. The predicted molar refractivity (Wildman–Crippen MR) is 154 cm³/mol. The maximum atomic E-state index is 13.3. The average molecular weight is 511 g/mol. The number of hydrogen-bond acceptors (Lipinski definition) is 4. The monoisotopic (exact) mass is 510 g/mol. The zero-order valence-corrected chi connectivity index (χ0v) is 22.5. The van der Waals surface area contributed by atoms with E-state index in [-0.39, 0.29) is 17.4 Å². The molecule has 0 aromatic heterocycles. The van der Waals surface area contributed by atoms with Crippen molar-refractivity contribution in [3.63, 3.8) is 0 Å². The number of benzene rings is 3. The van der Waals surface area contributed by atoms with Gasteiger partial charge in [0.15, 0.2) is 0 Å². The van der Waals surface area contributed by atoms with Crippen LogP contribution in [0.25, 0.3) is 0 Å². The summed E-state index contributed by atoms with van der Waals surface area (Å²) in [7, 11) is 0. The summed E-state index contributed by atoms with van der Waals surface area (Å²) in [5, 5.41) is 2.80. The lowest BCUT2D eigenvalue weighted by Gasteiger charge is -2.50. The molecule has 0 aliphatic carbocycles. The number of piperidine rings is 2. The number of rotatable bonds is 6. The molecule has 0 radical (unpaired) electrons. The molecule has 5 rings (SSSR count). The van der Waals surface area contributed by atoms with Crippen LogP contribution in [0.5, 0.6) is 0 Å². The number of amides is 2. The smallest absolute Gasteiger partial charge is 0.255 e. The maximum absolute atomic E-state index is 13.3. The third-order valence-corrected chi connectivity index (χ3v) is 8.26. The van der Waals surface area contributed by atoms with Gasteiger partial charge in [0, 0.05) is 56.1 Å². The third-order valence-electron chi connectivity index (χ3n) is 8.26. The Bertz CT molecular complexity index is 1190. The second kappa shape index (κ2) is 11.4. The number of carbonyl (C=O) groups is 2. The molecule has 198 valence electrons. The van der Waals surface area contributed by atoms with Gasteiger partial charge in [0.2, 0.25) is 5.91 Å². The van der Waals surface area contributed by atoms with E-state index in [4.69, 9.17) is 0 Å². The van der Waals surface area contributed by atoms with Crippen molar-refractivity contribution in [2.24, 2.45) is 0 Å². The number of para-hydroxylation sites is 3. The fraction of sp³-hybridized carbons (Fsp3) is 0.375. The van der Waals surface area contributed by atoms with Crippen molar-refractivity contribution in [1.29, 1.82) is 0 Å². The van der Waals surface area contributed by atoms with Gasteiger partial charge in [-0.1, -0.05) is 48.5 Å². The minimum atomic E-state index is -0.169. The Labute approximate surface area is 226 Å². The van der Waals surface area contributed by atoms with Gasteiger partial charge >= 0.3 is 0 Å². The van der Waals surface area contributed by atoms with Crippen LogP contribution in [0.15, 0.2) is 84.9 Å². The average Bonchev–Trinajstić information content (AvgIpc) is 2.95. The molecule has 2 heterocycles. The van der Waals surface area contributed by atoms with Crippen LogP contribution in [0.4, 0.5) is 17.1 Å². The first-order chi connectivity index (χ1) is 18.4. The second-order valence-corrected chi connectivity index (χ2v) is 10.8. The zero-order chi connectivity index (χ0) is 26.5. The van der Waals surface area contributed by atoms with Crippen molar-refractivity contribution in [2.75, 3.05) is 36.4 Å². The molecular formula is C32H38N4O2. The molecule has 3 aromatic carbocycles. The first kappa shape index (κ1) is 26.0. The quantitative estimate of drug-likeness (QED) is 0.446. The highest BCUT2D eigenvalue weighted by Crippen LogP contribution is 2.36. The highest BCUT2D eigenvalue weighted by molar-refractivity contribution is 6.03. The van der Waals surface area contributed by atoms with Crippen molar-refractivity contribution >= 4 is 28.9 Å². The van der Waals surface area contributed by atoms with Crippen LogP contribution in [0.2, 0.25) is 0 Å². The lowest BCUT2D eigenvalue weighted by Crippen LogP contribution is -2.57. The minimum Gasteiger partial charge on any atom is -0.338 e. The summed E-state index contributed by atoms with van der Waals surface area (Å²) in [6.07, 6.45) is 4.11. The van der Waals surface area contributed by atoms with Gasteiger partial charge in [0.25, 0.3) is 5.91 Å². The molecule has 2 saturated heterocycles. The Morgan fingerprint density at radius 2 is 1.32 bits per heavy atom. The van der Waals surface area contributed by atoms with Gasteiger partial charge in [0.05, 0.1) is 11.3 Å². The molecule has 2 aliphatic heterocycles. The summed E-state index contributed by atoms with van der Waals surface area (Å²) in [4.78, 5) is 32.0. The predicted octanol–water partition coefficient (Wildman–Crippen LogP) is 5.94. The Hall–Kier alpha value is -3.64. The van der Waals surface area contributed by atoms with Crippen LogP contribution in [0.3, 0.4) is 0 Å². The van der Waals surface area contributed by atoms with Crippen molar-refractivity contribution in [2.45, 2.75) is 51.1 Å². The summed E-state index contributed by atoms with van der Waals surface area (Å²) in [6.45, 7) is 7.39. The maximum Gasteiger partial charge on any atom is 0.255 e. The fourth-order valence-electron chi connectivity index (χ4n) is 6.06. The SMILES string of the molecule is CC(=O)Nc1ccccc1C(=O)N1CCC(C)(N2CCC(N(c3ccccc3)c3ccccc3)CC2)CC1. The standard InChI is InChI=1S/C32H38N4O2/c1-25(37)33-30-16-10-9-15-29(30)31(38)34-23-19-32(2,20-24-34)35-21-17-28(18-22-35)36(26-11-5-3-6-12-26)27-13-7-4-8-14-27/h3-16,28H,17-24H2,1-2H3,(H,33,37). The highest BCUT2D eigenvalue weighted by Gasteiger charge is 2.39. The van der Waals surface area contributed by atoms with Crippen LogP contribution >= 0.6 is 0 Å². The van der Waals surface area contributed by atoms with Crippen molar-refractivity contribution in [3.8, 4) is 0 Å². The molecule has 0 saturated carbocycles. The molecule has 0 atom stereocenters. The Kier molecular flexibility index (Phi) is 7.79. The summed E-state index contributed by atoms with van der Waals surface area (Å²) in [5.74, 6) is -0.172. The molecule has 2 aliphatic rings. The molecule has 2 amide bonds. The zero-order valence-electron chi connectivity index (χ0n) is 22.5. The second-order valence-electron chi connectivity index (χ2n) is 10.8. The van der Waals surface area contributed by atoms with E-state index in [0.29, 0.717) is 17.3 Å². The van der Waals surface area contributed by atoms with Gasteiger partial charge in [-0.2, -0.15) is 0 Å². The molecule has 0 unspecified atom stereocenters. The van der Waals surface area contributed by atoms with Crippen LogP contribution in [0.1, 0.15) is 49.9 Å². The van der Waals surface area contributed by atoms with Gasteiger partial charge in [-0.3, -0.25) is 14.5 Å². The molecule has 38 heavy (non-hydrogen) atoms. The van der Waals surface area contributed by atoms with Crippen LogP contribution < -0.4 is 10.2 Å². The Morgan fingerprint density at radius 1 is 0.789 bits per heavy atom. The van der Waals surface area contributed by atoms with Crippen LogP contribution in [-0.2, 0) is 4.79 Å². The van der Waals surface area contributed by atoms with Crippen molar-refractivity contribution in [1.82, 2.24) is 9.80 Å². The molecule has 0 spiro atoms. The van der Waals surface area contributed by atoms with Gasteiger partial charge in [-0.05, 0) is 69.0 Å². The molecular weight excluding hydrogens is 472 g/mol. The first-order valence-electron chi connectivity index (χ1n) is 13.7. The Morgan fingerprint density at radius 3 is 1.87 bits per heavy atom. The van der Waals surface area contributed by atoms with Crippen molar-refractivity contribution < 1.29 is 9.59 Å². The van der Waals surface area contributed by atoms with Gasteiger partial charge in [-0.25, -0.2) is 0 Å². The number of hydrogen-bond donors (Lipinski definition) is 1. The number of nitrogens with one attached hydrogen (secondary N) is 1. The molecule has 2 fully saturated rings. The van der Waals surface area contributed by atoms with E-state index >= 15 is 0 Å². The lowest BCUT2D eigenvalue weighted by atomic mass is 9.85. The number of carbonyl (C=O) groups excluding carboxylic acids is 2. The van der Waals surface area contributed by atoms with E-state index in [9.17, 15) is 9.59 Å². The lowest BCUT2D eigenvalue weighted by molar-refractivity contribution is -0.114. The van der Waals surface area contributed by atoms with Gasteiger partial charge in [0.1, 0.15) is 0 Å². The fourth-order valence-corrected chi connectivity index (χ4v) is 6.06. The van der Waals surface area contributed by atoms with Gasteiger partial charge in [-0.15, -0.1) is 0 Å². The highest BCUT2D eigenvalue weighted by atomic mass is 16.2. The largest absolute Gasteiger partial charge is 0.338 e. The molecule has 1 N–H and O–H groups in total. The van der Waals surface area contributed by atoms with E-state index < -0.39 is 0 Å². The molecule has 3 aromatic rings. The molecule has 0 bridgehead atoms. The van der Waals surface area contributed by atoms with Gasteiger partial charge < -0.3 is 15.1 Å². The number of anilines is 3. The summed E-state index contributed by atoms with van der Waals surface area (Å²) in [5.41, 5.74) is 3.73. The summed E-state index contributed by atoms with van der Waals surface area (Å²) < 4.78 is 0. The molecule has 6 heteroatoms. The normalized spacial score (nSPS) is 18.1. The van der Waals surface area contributed by atoms with E-state index in [1.165, 1.54) is 18.3 Å². The molecule has 6 nitrogen and oxygen atoms in total. The minimum absolute atomic E-state index is 0.00327. The van der Waals surface area contributed by atoms with Crippen LogP contribution in [0, 0.1) is 0 Å². The number of likely N-dealkylation sites (tertiary alicyclic amines) is 2. The third kappa shape index (κ3) is 5.60. The van der Waals surface area contributed by atoms with E-state index in [1.54, 1.807) is 12.1 Å². The van der Waals surface area contributed by atoms with E-state index in [2.05, 4.69) is 82.7 Å². The topological polar surface area (TPSA) is 55.9 Å². The van der Waals surface area contributed by atoms with Crippen molar-refractivity contribution in [3.05, 3.63) is 90.5 Å².